The second-order valence-corrected chi connectivity index (χ2v) is 4.17. The first-order chi connectivity index (χ1) is 5.40. The van der Waals surface area contributed by atoms with Crippen molar-refractivity contribution in [1.29, 1.82) is 0 Å². The first kappa shape index (κ1) is 7.33. The highest BCUT2D eigenvalue weighted by atomic mass is 16.1. The van der Waals surface area contributed by atoms with E-state index in [4.69, 9.17) is 0 Å². The molecule has 0 aliphatic heterocycles. The molecule has 2 fully saturated rings. The number of rotatable bonds is 1. The lowest BCUT2D eigenvalue weighted by Gasteiger charge is -2.37. The zero-order valence-corrected chi connectivity index (χ0v) is 6.96. The number of aldehydes is 1. The Hall–Kier alpha value is -0.330. The van der Waals surface area contributed by atoms with Gasteiger partial charge in [-0.3, -0.25) is 0 Å². The molecule has 2 saturated carbocycles. The zero-order chi connectivity index (χ0) is 7.68. The lowest BCUT2D eigenvalue weighted by atomic mass is 9.67. The summed E-state index contributed by atoms with van der Waals surface area (Å²) >= 11 is 0. The molecule has 0 N–H and O–H groups in total. The van der Waals surface area contributed by atoms with Gasteiger partial charge in [0.1, 0.15) is 6.29 Å². The van der Waals surface area contributed by atoms with Crippen LogP contribution in [0.1, 0.15) is 38.5 Å². The Balaban J connectivity index is 2.02. The molecule has 0 amide bonds. The number of carbonyl (C=O) groups is 1. The van der Waals surface area contributed by atoms with Crippen molar-refractivity contribution in [3.8, 4) is 0 Å². The third-order valence-corrected chi connectivity index (χ3v) is 3.51. The molecule has 0 aromatic carbocycles. The Labute approximate surface area is 68.2 Å². The Kier molecular flexibility index (Phi) is 1.97. The van der Waals surface area contributed by atoms with Crippen LogP contribution in [0.3, 0.4) is 0 Å². The molecular formula is C10H16O. The maximum Gasteiger partial charge on any atom is 0.123 e. The van der Waals surface area contributed by atoms with E-state index in [0.717, 1.165) is 11.8 Å². The summed E-state index contributed by atoms with van der Waals surface area (Å²) in [5.74, 6) is 2.16. The van der Waals surface area contributed by atoms with Crippen LogP contribution in [0.25, 0.3) is 0 Å². The Bertz CT molecular complexity index is 153. The van der Waals surface area contributed by atoms with E-state index in [1.54, 1.807) is 0 Å². The molecule has 2 bridgehead atoms. The molecule has 1 heteroatoms. The van der Waals surface area contributed by atoms with Crippen LogP contribution in [0, 0.1) is 17.8 Å². The molecule has 3 unspecified atom stereocenters. The van der Waals surface area contributed by atoms with Crippen LogP contribution in [0.4, 0.5) is 0 Å². The fraction of sp³-hybridized carbons (Fsp3) is 0.900. The fourth-order valence-corrected chi connectivity index (χ4v) is 2.83. The van der Waals surface area contributed by atoms with Gasteiger partial charge in [0, 0.05) is 5.92 Å². The first-order valence-corrected chi connectivity index (χ1v) is 4.85. The highest BCUT2D eigenvalue weighted by molar-refractivity contribution is 5.54. The number of hydrogen-bond acceptors (Lipinski definition) is 1. The molecule has 11 heavy (non-hydrogen) atoms. The molecule has 2 aliphatic rings. The lowest BCUT2D eigenvalue weighted by molar-refractivity contribution is -0.114. The van der Waals surface area contributed by atoms with Crippen LogP contribution in [0.15, 0.2) is 0 Å². The first-order valence-electron chi connectivity index (χ1n) is 4.85. The number of hydrogen-bond donors (Lipinski definition) is 0. The van der Waals surface area contributed by atoms with Gasteiger partial charge >= 0.3 is 0 Å². The van der Waals surface area contributed by atoms with Crippen molar-refractivity contribution in [3.05, 3.63) is 0 Å². The van der Waals surface area contributed by atoms with Crippen LogP contribution < -0.4 is 0 Å². The molecule has 0 aromatic rings. The van der Waals surface area contributed by atoms with Gasteiger partial charge in [0.25, 0.3) is 0 Å². The minimum atomic E-state index is 0.423. The van der Waals surface area contributed by atoms with E-state index in [0.29, 0.717) is 5.92 Å². The van der Waals surface area contributed by atoms with Gasteiger partial charge in [0.05, 0.1) is 0 Å². The van der Waals surface area contributed by atoms with Crippen LogP contribution in [-0.4, -0.2) is 6.29 Å². The summed E-state index contributed by atoms with van der Waals surface area (Å²) in [6, 6.07) is 0. The third-order valence-electron chi connectivity index (χ3n) is 3.51. The normalized spacial score (nSPS) is 43.5. The van der Waals surface area contributed by atoms with E-state index < -0.39 is 0 Å². The average molecular weight is 152 g/mol. The van der Waals surface area contributed by atoms with Crippen molar-refractivity contribution in [2.45, 2.75) is 38.5 Å². The molecule has 0 saturated heterocycles. The highest BCUT2D eigenvalue weighted by Crippen LogP contribution is 2.42. The predicted molar refractivity (Wildman–Crippen MR) is 44.2 cm³/mol. The van der Waals surface area contributed by atoms with Gasteiger partial charge in [-0.15, -0.1) is 0 Å². The van der Waals surface area contributed by atoms with Gasteiger partial charge in [-0.1, -0.05) is 12.8 Å². The molecule has 2 rings (SSSR count). The molecular weight excluding hydrogens is 136 g/mol. The quantitative estimate of drug-likeness (QED) is 0.527. The minimum Gasteiger partial charge on any atom is -0.303 e. The Morgan fingerprint density at radius 1 is 1.09 bits per heavy atom. The third kappa shape index (κ3) is 1.33. The molecule has 1 nitrogen and oxygen atoms in total. The molecule has 3 atom stereocenters. The van der Waals surface area contributed by atoms with Crippen molar-refractivity contribution in [1.82, 2.24) is 0 Å². The molecule has 0 aromatic heterocycles. The van der Waals surface area contributed by atoms with Crippen molar-refractivity contribution in [3.63, 3.8) is 0 Å². The fourth-order valence-electron chi connectivity index (χ4n) is 2.83. The number of carbonyl (C=O) groups excluding carboxylic acids is 1. The largest absolute Gasteiger partial charge is 0.303 e. The average Bonchev–Trinajstić information content (AvgIpc) is 2.06. The summed E-state index contributed by atoms with van der Waals surface area (Å²) in [4.78, 5) is 10.7. The predicted octanol–water partition coefficient (Wildman–Crippen LogP) is 2.40. The van der Waals surface area contributed by atoms with E-state index in [-0.39, 0.29) is 0 Å². The van der Waals surface area contributed by atoms with Gasteiger partial charge in [-0.2, -0.15) is 0 Å². The molecule has 0 heterocycles. The summed E-state index contributed by atoms with van der Waals surface area (Å²) in [5.41, 5.74) is 0. The Morgan fingerprint density at radius 2 is 2.00 bits per heavy atom. The number of fused-ring (bicyclic) bond motifs is 2. The van der Waals surface area contributed by atoms with Crippen molar-refractivity contribution >= 4 is 6.29 Å². The van der Waals surface area contributed by atoms with Crippen LogP contribution in [0.5, 0.6) is 0 Å². The highest BCUT2D eigenvalue weighted by Gasteiger charge is 2.32. The van der Waals surface area contributed by atoms with Gasteiger partial charge in [-0.25, -0.2) is 0 Å². The zero-order valence-electron chi connectivity index (χ0n) is 6.96. The van der Waals surface area contributed by atoms with Crippen molar-refractivity contribution < 1.29 is 4.79 Å². The standard InChI is InChI=1S/C10H16O/c11-7-10-5-4-8-2-1-3-9(10)6-8/h7-10H,1-6H2. The van der Waals surface area contributed by atoms with Crippen LogP contribution in [-0.2, 0) is 4.79 Å². The van der Waals surface area contributed by atoms with E-state index in [1.807, 2.05) is 0 Å². The summed E-state index contributed by atoms with van der Waals surface area (Å²) in [6.07, 6.45) is 9.18. The van der Waals surface area contributed by atoms with E-state index in [2.05, 4.69) is 0 Å². The molecule has 0 spiro atoms. The van der Waals surface area contributed by atoms with E-state index in [9.17, 15) is 4.79 Å². The Morgan fingerprint density at radius 3 is 2.82 bits per heavy atom. The SMILES string of the molecule is O=CC1CCC2CCCC1C2. The van der Waals surface area contributed by atoms with Gasteiger partial charge in [-0.05, 0) is 37.5 Å². The summed E-state index contributed by atoms with van der Waals surface area (Å²) in [6.45, 7) is 0. The molecule has 62 valence electrons. The van der Waals surface area contributed by atoms with Crippen molar-refractivity contribution in [2.75, 3.05) is 0 Å². The maximum atomic E-state index is 10.7. The monoisotopic (exact) mass is 152 g/mol. The summed E-state index contributed by atoms with van der Waals surface area (Å²) < 4.78 is 0. The second-order valence-electron chi connectivity index (χ2n) is 4.17. The van der Waals surface area contributed by atoms with Crippen molar-refractivity contribution in [2.24, 2.45) is 17.8 Å². The van der Waals surface area contributed by atoms with Gasteiger partial charge in [0.15, 0.2) is 0 Å². The van der Waals surface area contributed by atoms with Crippen LogP contribution in [0.2, 0.25) is 0 Å². The summed E-state index contributed by atoms with van der Waals surface area (Å²) in [7, 11) is 0. The van der Waals surface area contributed by atoms with Gasteiger partial charge in [0.2, 0.25) is 0 Å². The van der Waals surface area contributed by atoms with E-state index >= 15 is 0 Å². The topological polar surface area (TPSA) is 17.1 Å². The molecule has 2 aliphatic carbocycles. The maximum absolute atomic E-state index is 10.7. The lowest BCUT2D eigenvalue weighted by Crippen LogP contribution is -2.29. The molecule has 0 radical (unpaired) electrons. The van der Waals surface area contributed by atoms with E-state index in [1.165, 1.54) is 44.8 Å². The minimum absolute atomic E-state index is 0.423. The second kappa shape index (κ2) is 2.96. The van der Waals surface area contributed by atoms with Gasteiger partial charge < -0.3 is 4.79 Å². The smallest absolute Gasteiger partial charge is 0.123 e. The van der Waals surface area contributed by atoms with Crippen LogP contribution >= 0.6 is 0 Å². The summed E-state index contributed by atoms with van der Waals surface area (Å²) in [5, 5.41) is 0.